The molecule has 1 N–H and O–H groups in total. The summed E-state index contributed by atoms with van der Waals surface area (Å²) in [7, 11) is 0. The van der Waals surface area contributed by atoms with Crippen molar-refractivity contribution in [3.8, 4) is 0 Å². The van der Waals surface area contributed by atoms with Gasteiger partial charge >= 0.3 is 6.03 Å². The molecule has 1 aromatic rings. The Labute approximate surface area is 117 Å². The highest BCUT2D eigenvalue weighted by atomic mass is 16.2. The quantitative estimate of drug-likeness (QED) is 0.809. The summed E-state index contributed by atoms with van der Waals surface area (Å²) >= 11 is 0. The molecule has 2 rings (SSSR count). The molecule has 3 amide bonds. The summed E-state index contributed by atoms with van der Waals surface area (Å²) in [6, 6.07) is -0.0535. The average Bonchev–Trinajstić information content (AvgIpc) is 2.98. The number of hydrogen-bond donors (Lipinski definition) is 1. The summed E-state index contributed by atoms with van der Waals surface area (Å²) in [5, 5.41) is 10.3. The standard InChI is InChI=1S/C12H20N6O2/c1-2-13-12(20)17-9-7-16(8-10-17)11(19)3-5-18-6-4-14-15-18/h4,6H,2-3,5,7-10H2,1H3,(H,13,20). The largest absolute Gasteiger partial charge is 0.339 e. The molecule has 0 radical (unpaired) electrons. The van der Waals surface area contributed by atoms with Crippen LogP contribution in [0, 0.1) is 0 Å². The monoisotopic (exact) mass is 280 g/mol. The lowest BCUT2D eigenvalue weighted by molar-refractivity contribution is -0.132. The summed E-state index contributed by atoms with van der Waals surface area (Å²) in [5.74, 6) is 0.0936. The van der Waals surface area contributed by atoms with E-state index in [4.69, 9.17) is 0 Å². The molecule has 1 fully saturated rings. The van der Waals surface area contributed by atoms with Gasteiger partial charge in [-0.2, -0.15) is 0 Å². The van der Waals surface area contributed by atoms with E-state index < -0.39 is 0 Å². The van der Waals surface area contributed by atoms with E-state index >= 15 is 0 Å². The number of aryl methyl sites for hydroxylation is 1. The lowest BCUT2D eigenvalue weighted by atomic mass is 10.3. The number of nitrogens with zero attached hydrogens (tertiary/aromatic N) is 5. The predicted octanol–water partition coefficient (Wildman–Crippen LogP) is -0.458. The van der Waals surface area contributed by atoms with Crippen LogP contribution in [-0.2, 0) is 11.3 Å². The van der Waals surface area contributed by atoms with Crippen LogP contribution in [0.4, 0.5) is 4.79 Å². The van der Waals surface area contributed by atoms with Gasteiger partial charge in [0.15, 0.2) is 0 Å². The molecule has 0 bridgehead atoms. The molecular formula is C12H20N6O2. The van der Waals surface area contributed by atoms with Crippen molar-refractivity contribution in [3.05, 3.63) is 12.4 Å². The molecule has 110 valence electrons. The van der Waals surface area contributed by atoms with Crippen LogP contribution >= 0.6 is 0 Å². The number of piperazine rings is 1. The molecule has 0 spiro atoms. The van der Waals surface area contributed by atoms with Crippen LogP contribution in [0.5, 0.6) is 0 Å². The number of nitrogens with one attached hydrogen (secondary N) is 1. The zero-order chi connectivity index (χ0) is 14.4. The molecule has 0 atom stereocenters. The van der Waals surface area contributed by atoms with Gasteiger partial charge in [0.25, 0.3) is 0 Å². The normalized spacial score (nSPS) is 15.2. The van der Waals surface area contributed by atoms with Gasteiger partial charge in [-0.1, -0.05) is 5.21 Å². The zero-order valence-electron chi connectivity index (χ0n) is 11.7. The van der Waals surface area contributed by atoms with Crippen molar-refractivity contribution in [2.45, 2.75) is 19.9 Å². The Balaban J connectivity index is 1.73. The van der Waals surface area contributed by atoms with Gasteiger partial charge in [-0.15, -0.1) is 5.10 Å². The third kappa shape index (κ3) is 3.69. The Morgan fingerprint density at radius 2 is 1.90 bits per heavy atom. The van der Waals surface area contributed by atoms with Gasteiger partial charge in [-0.3, -0.25) is 9.48 Å². The summed E-state index contributed by atoms with van der Waals surface area (Å²) in [5.41, 5.74) is 0. The molecule has 2 heterocycles. The van der Waals surface area contributed by atoms with Crippen LogP contribution < -0.4 is 5.32 Å². The van der Waals surface area contributed by atoms with Gasteiger partial charge in [0.2, 0.25) is 5.91 Å². The van der Waals surface area contributed by atoms with Crippen molar-refractivity contribution < 1.29 is 9.59 Å². The highest BCUT2D eigenvalue weighted by molar-refractivity contribution is 5.77. The smallest absolute Gasteiger partial charge is 0.317 e. The third-order valence-electron chi connectivity index (χ3n) is 3.27. The highest BCUT2D eigenvalue weighted by Crippen LogP contribution is 2.05. The first-order valence-corrected chi connectivity index (χ1v) is 6.85. The van der Waals surface area contributed by atoms with Crippen molar-refractivity contribution in [2.75, 3.05) is 32.7 Å². The third-order valence-corrected chi connectivity index (χ3v) is 3.27. The fraction of sp³-hybridized carbons (Fsp3) is 0.667. The Hall–Kier alpha value is -2.12. The Morgan fingerprint density at radius 3 is 2.50 bits per heavy atom. The van der Waals surface area contributed by atoms with Gasteiger partial charge in [-0.05, 0) is 6.92 Å². The van der Waals surface area contributed by atoms with Crippen molar-refractivity contribution >= 4 is 11.9 Å². The minimum absolute atomic E-state index is 0.0535. The molecule has 20 heavy (non-hydrogen) atoms. The number of urea groups is 1. The molecule has 1 saturated heterocycles. The maximum Gasteiger partial charge on any atom is 0.317 e. The van der Waals surface area contributed by atoms with E-state index in [1.165, 1.54) is 0 Å². The molecule has 0 unspecified atom stereocenters. The fourth-order valence-corrected chi connectivity index (χ4v) is 2.14. The summed E-state index contributed by atoms with van der Waals surface area (Å²) in [6.45, 7) is 5.40. The maximum absolute atomic E-state index is 12.0. The van der Waals surface area contributed by atoms with Crippen molar-refractivity contribution in [1.82, 2.24) is 30.1 Å². The van der Waals surface area contributed by atoms with E-state index in [0.717, 1.165) is 0 Å². The van der Waals surface area contributed by atoms with Gasteiger partial charge in [0, 0.05) is 45.3 Å². The predicted molar refractivity (Wildman–Crippen MR) is 71.9 cm³/mol. The molecule has 1 aromatic heterocycles. The first kappa shape index (κ1) is 14.3. The number of hydrogen-bond acceptors (Lipinski definition) is 4. The number of rotatable bonds is 4. The van der Waals surface area contributed by atoms with E-state index in [1.807, 2.05) is 6.92 Å². The zero-order valence-corrected chi connectivity index (χ0v) is 11.7. The topological polar surface area (TPSA) is 83.4 Å². The molecule has 0 aliphatic carbocycles. The number of aromatic nitrogens is 3. The lowest BCUT2D eigenvalue weighted by Crippen LogP contribution is -2.53. The maximum atomic E-state index is 12.0. The van der Waals surface area contributed by atoms with Gasteiger partial charge < -0.3 is 15.1 Å². The first-order chi connectivity index (χ1) is 9.70. The van der Waals surface area contributed by atoms with Crippen LogP contribution in [0.25, 0.3) is 0 Å². The van der Waals surface area contributed by atoms with Crippen molar-refractivity contribution in [3.63, 3.8) is 0 Å². The van der Waals surface area contributed by atoms with Crippen molar-refractivity contribution in [2.24, 2.45) is 0 Å². The van der Waals surface area contributed by atoms with E-state index in [1.54, 1.807) is 26.9 Å². The van der Waals surface area contributed by atoms with Gasteiger partial charge in [0.1, 0.15) is 0 Å². The number of amides is 3. The Kier molecular flexibility index (Phi) is 4.91. The molecule has 1 aliphatic heterocycles. The number of carbonyl (C=O) groups is 2. The summed E-state index contributed by atoms with van der Waals surface area (Å²) < 4.78 is 1.64. The van der Waals surface area contributed by atoms with Gasteiger partial charge in [0.05, 0.1) is 12.7 Å². The lowest BCUT2D eigenvalue weighted by Gasteiger charge is -2.34. The first-order valence-electron chi connectivity index (χ1n) is 6.85. The molecule has 8 heteroatoms. The molecule has 1 aliphatic rings. The second-order valence-electron chi connectivity index (χ2n) is 4.62. The van der Waals surface area contributed by atoms with E-state index in [2.05, 4.69) is 15.6 Å². The molecular weight excluding hydrogens is 260 g/mol. The second kappa shape index (κ2) is 6.88. The molecule has 0 aromatic carbocycles. The Bertz CT molecular complexity index is 439. The summed E-state index contributed by atoms with van der Waals surface area (Å²) in [4.78, 5) is 27.2. The van der Waals surface area contributed by atoms with Crippen LogP contribution in [0.3, 0.4) is 0 Å². The van der Waals surface area contributed by atoms with Crippen LogP contribution in [0.15, 0.2) is 12.4 Å². The van der Waals surface area contributed by atoms with Crippen LogP contribution in [-0.4, -0.2) is 69.5 Å². The number of carbonyl (C=O) groups excluding carboxylic acids is 2. The summed E-state index contributed by atoms with van der Waals surface area (Å²) in [6.07, 6.45) is 3.74. The van der Waals surface area contributed by atoms with E-state index in [0.29, 0.717) is 45.7 Å². The van der Waals surface area contributed by atoms with Gasteiger partial charge in [-0.25, -0.2) is 4.79 Å². The van der Waals surface area contributed by atoms with Crippen LogP contribution in [0.1, 0.15) is 13.3 Å². The van der Waals surface area contributed by atoms with E-state index in [9.17, 15) is 9.59 Å². The molecule has 0 saturated carbocycles. The minimum atomic E-state index is -0.0535. The van der Waals surface area contributed by atoms with Crippen molar-refractivity contribution in [1.29, 1.82) is 0 Å². The SMILES string of the molecule is CCNC(=O)N1CCN(C(=O)CCn2ccnn2)CC1. The highest BCUT2D eigenvalue weighted by Gasteiger charge is 2.23. The minimum Gasteiger partial charge on any atom is -0.339 e. The second-order valence-corrected chi connectivity index (χ2v) is 4.62. The Morgan fingerprint density at radius 1 is 1.20 bits per heavy atom. The van der Waals surface area contributed by atoms with E-state index in [-0.39, 0.29) is 11.9 Å². The molecule has 8 nitrogen and oxygen atoms in total. The van der Waals surface area contributed by atoms with Crippen LogP contribution in [0.2, 0.25) is 0 Å². The average molecular weight is 280 g/mol. The fourth-order valence-electron chi connectivity index (χ4n) is 2.14.